The first-order valence-corrected chi connectivity index (χ1v) is 11.9. The molecular weight excluding hydrogens is 368 g/mol. The summed E-state index contributed by atoms with van der Waals surface area (Å²) < 4.78 is 23.4. The summed E-state index contributed by atoms with van der Waals surface area (Å²) >= 11 is 0. The number of rotatable bonds is 6. The SMILES string of the molecule is CCN(C(=O)CN1CCN(CC(=O)N2CCCC2)CC1)C1CCS(=O)(=O)C1. The van der Waals surface area contributed by atoms with E-state index in [1.807, 2.05) is 11.8 Å². The zero-order valence-corrected chi connectivity index (χ0v) is 17.1. The lowest BCUT2D eigenvalue weighted by Crippen LogP contribution is -2.53. The molecule has 0 aromatic rings. The average Bonchev–Trinajstić information content (AvgIpc) is 3.27. The second-order valence-corrected chi connectivity index (χ2v) is 10.1. The molecule has 154 valence electrons. The number of sulfone groups is 1. The number of hydrogen-bond donors (Lipinski definition) is 0. The zero-order valence-electron chi connectivity index (χ0n) is 16.3. The van der Waals surface area contributed by atoms with E-state index in [1.54, 1.807) is 4.90 Å². The molecule has 0 aliphatic carbocycles. The van der Waals surface area contributed by atoms with Crippen LogP contribution in [0.25, 0.3) is 0 Å². The minimum absolute atomic E-state index is 0.0150. The first-order chi connectivity index (χ1) is 12.9. The Hall–Kier alpha value is -1.19. The second-order valence-electron chi connectivity index (χ2n) is 7.88. The summed E-state index contributed by atoms with van der Waals surface area (Å²) in [6.07, 6.45) is 2.77. The van der Waals surface area contributed by atoms with E-state index in [0.717, 1.165) is 52.1 Å². The van der Waals surface area contributed by atoms with Gasteiger partial charge < -0.3 is 9.80 Å². The first kappa shape index (κ1) is 20.5. The fraction of sp³-hybridized carbons (Fsp3) is 0.889. The second kappa shape index (κ2) is 8.87. The molecule has 3 aliphatic heterocycles. The van der Waals surface area contributed by atoms with Crippen LogP contribution in [-0.2, 0) is 19.4 Å². The van der Waals surface area contributed by atoms with Gasteiger partial charge in [0.05, 0.1) is 24.6 Å². The van der Waals surface area contributed by atoms with Crippen LogP contribution in [0.3, 0.4) is 0 Å². The molecule has 1 atom stereocenters. The Labute approximate surface area is 162 Å². The molecule has 1 unspecified atom stereocenters. The van der Waals surface area contributed by atoms with Crippen LogP contribution in [0.2, 0.25) is 0 Å². The number of likely N-dealkylation sites (tertiary alicyclic amines) is 1. The summed E-state index contributed by atoms with van der Waals surface area (Å²) in [5, 5.41) is 0. The van der Waals surface area contributed by atoms with E-state index in [-0.39, 0.29) is 29.4 Å². The molecule has 27 heavy (non-hydrogen) atoms. The van der Waals surface area contributed by atoms with Crippen molar-refractivity contribution >= 4 is 21.7 Å². The van der Waals surface area contributed by atoms with Crippen molar-refractivity contribution in [1.29, 1.82) is 0 Å². The molecular formula is C18H32N4O4S. The maximum atomic E-state index is 12.7. The minimum atomic E-state index is -2.99. The molecule has 8 nitrogen and oxygen atoms in total. The van der Waals surface area contributed by atoms with Gasteiger partial charge in [-0.1, -0.05) is 0 Å². The highest BCUT2D eigenvalue weighted by molar-refractivity contribution is 7.91. The standard InChI is InChI=1S/C18H32N4O4S/c1-2-22(16-5-12-27(25,26)15-16)18(24)14-20-10-8-19(9-11-20)13-17(23)21-6-3-4-7-21/h16H,2-15H2,1H3. The number of amides is 2. The van der Waals surface area contributed by atoms with Gasteiger partial charge in [-0.05, 0) is 26.2 Å². The van der Waals surface area contributed by atoms with Gasteiger partial charge in [0.1, 0.15) is 0 Å². The smallest absolute Gasteiger partial charge is 0.237 e. The predicted octanol–water partition coefficient (Wildman–Crippen LogP) is -0.738. The number of hydrogen-bond acceptors (Lipinski definition) is 6. The van der Waals surface area contributed by atoms with E-state index in [0.29, 0.717) is 26.1 Å². The van der Waals surface area contributed by atoms with Crippen molar-refractivity contribution in [2.24, 2.45) is 0 Å². The Morgan fingerprint density at radius 3 is 2.07 bits per heavy atom. The third-order valence-electron chi connectivity index (χ3n) is 5.95. The lowest BCUT2D eigenvalue weighted by Gasteiger charge is -2.36. The van der Waals surface area contributed by atoms with Crippen LogP contribution in [0.4, 0.5) is 0 Å². The molecule has 2 amide bonds. The van der Waals surface area contributed by atoms with Gasteiger partial charge in [-0.15, -0.1) is 0 Å². The highest BCUT2D eigenvalue weighted by atomic mass is 32.2. The Kier molecular flexibility index (Phi) is 6.75. The van der Waals surface area contributed by atoms with E-state index in [2.05, 4.69) is 9.80 Å². The van der Waals surface area contributed by atoms with E-state index in [4.69, 9.17) is 0 Å². The van der Waals surface area contributed by atoms with Crippen LogP contribution in [0, 0.1) is 0 Å². The quantitative estimate of drug-likeness (QED) is 0.584. The molecule has 3 fully saturated rings. The van der Waals surface area contributed by atoms with Crippen LogP contribution < -0.4 is 0 Å². The van der Waals surface area contributed by atoms with Gasteiger partial charge in [-0.2, -0.15) is 0 Å². The van der Waals surface area contributed by atoms with Crippen LogP contribution in [0.1, 0.15) is 26.2 Å². The zero-order chi connectivity index (χ0) is 19.4. The first-order valence-electron chi connectivity index (χ1n) is 10.1. The Bertz CT molecular complexity index is 640. The number of carbonyl (C=O) groups is 2. The molecule has 3 aliphatic rings. The van der Waals surface area contributed by atoms with Gasteiger partial charge >= 0.3 is 0 Å². The van der Waals surface area contributed by atoms with Crippen LogP contribution in [0.5, 0.6) is 0 Å². The van der Waals surface area contributed by atoms with Gasteiger partial charge in [-0.25, -0.2) is 8.42 Å². The number of carbonyl (C=O) groups excluding carboxylic acids is 2. The molecule has 0 N–H and O–H groups in total. The van der Waals surface area contributed by atoms with Gasteiger partial charge in [-0.3, -0.25) is 19.4 Å². The summed E-state index contributed by atoms with van der Waals surface area (Å²) in [6.45, 7) is 8.13. The van der Waals surface area contributed by atoms with E-state index in [1.165, 1.54) is 0 Å². The van der Waals surface area contributed by atoms with Crippen molar-refractivity contribution in [3.8, 4) is 0 Å². The Morgan fingerprint density at radius 2 is 1.56 bits per heavy atom. The molecule has 0 saturated carbocycles. The third kappa shape index (κ3) is 5.42. The third-order valence-corrected chi connectivity index (χ3v) is 7.70. The highest BCUT2D eigenvalue weighted by Gasteiger charge is 2.34. The fourth-order valence-corrected chi connectivity index (χ4v) is 6.04. The predicted molar refractivity (Wildman–Crippen MR) is 103 cm³/mol. The molecule has 0 radical (unpaired) electrons. The number of piperazine rings is 1. The van der Waals surface area contributed by atoms with Crippen molar-refractivity contribution in [3.63, 3.8) is 0 Å². The average molecular weight is 401 g/mol. The van der Waals surface area contributed by atoms with Gasteiger partial charge in [0.25, 0.3) is 0 Å². The van der Waals surface area contributed by atoms with Gasteiger partial charge in [0.2, 0.25) is 11.8 Å². The summed E-state index contributed by atoms with van der Waals surface area (Å²) in [6, 6.07) is -0.174. The molecule has 0 aromatic heterocycles. The summed E-state index contributed by atoms with van der Waals surface area (Å²) in [5.41, 5.74) is 0. The van der Waals surface area contributed by atoms with Crippen molar-refractivity contribution in [2.75, 3.05) is 70.4 Å². The van der Waals surface area contributed by atoms with Crippen LogP contribution in [-0.4, -0.2) is 116 Å². The lowest BCUT2D eigenvalue weighted by molar-refractivity contribution is -0.135. The van der Waals surface area contributed by atoms with Gasteiger partial charge in [0.15, 0.2) is 9.84 Å². The largest absolute Gasteiger partial charge is 0.342 e. The lowest BCUT2D eigenvalue weighted by atomic mass is 10.2. The van der Waals surface area contributed by atoms with Crippen molar-refractivity contribution in [3.05, 3.63) is 0 Å². The monoisotopic (exact) mass is 400 g/mol. The minimum Gasteiger partial charge on any atom is -0.342 e. The van der Waals surface area contributed by atoms with Gasteiger partial charge in [0, 0.05) is 51.9 Å². The molecule has 3 heterocycles. The Morgan fingerprint density at radius 1 is 0.963 bits per heavy atom. The number of likely N-dealkylation sites (N-methyl/N-ethyl adjacent to an activating group) is 1. The van der Waals surface area contributed by atoms with E-state index in [9.17, 15) is 18.0 Å². The van der Waals surface area contributed by atoms with Crippen LogP contribution in [0.15, 0.2) is 0 Å². The Balaban J connectivity index is 1.42. The number of nitrogens with zero attached hydrogens (tertiary/aromatic N) is 4. The summed E-state index contributed by atoms with van der Waals surface area (Å²) in [4.78, 5) is 32.9. The molecule has 0 bridgehead atoms. The molecule has 3 rings (SSSR count). The normalized spacial score (nSPS) is 26.4. The molecule has 0 aromatic carbocycles. The topological polar surface area (TPSA) is 81.2 Å². The maximum Gasteiger partial charge on any atom is 0.237 e. The molecule has 3 saturated heterocycles. The van der Waals surface area contributed by atoms with Crippen molar-refractivity contribution < 1.29 is 18.0 Å². The highest BCUT2D eigenvalue weighted by Crippen LogP contribution is 2.18. The maximum absolute atomic E-state index is 12.7. The van der Waals surface area contributed by atoms with Crippen molar-refractivity contribution in [2.45, 2.75) is 32.2 Å². The summed E-state index contributed by atoms with van der Waals surface area (Å²) in [7, 11) is -2.99. The fourth-order valence-electron chi connectivity index (χ4n) is 4.30. The van der Waals surface area contributed by atoms with E-state index < -0.39 is 9.84 Å². The molecule has 9 heteroatoms. The van der Waals surface area contributed by atoms with Crippen LogP contribution >= 0.6 is 0 Å². The van der Waals surface area contributed by atoms with E-state index >= 15 is 0 Å². The molecule has 0 spiro atoms. The van der Waals surface area contributed by atoms with Crippen molar-refractivity contribution in [1.82, 2.24) is 19.6 Å². The summed E-state index contributed by atoms with van der Waals surface area (Å²) in [5.74, 6) is 0.516.